The van der Waals surface area contributed by atoms with E-state index in [0.29, 0.717) is 6.54 Å². The van der Waals surface area contributed by atoms with Gasteiger partial charge in [-0.05, 0) is 37.6 Å². The Bertz CT molecular complexity index is 455. The summed E-state index contributed by atoms with van der Waals surface area (Å²) in [6, 6.07) is 6.82. The number of hydrogen-bond donors (Lipinski definition) is 1. The van der Waals surface area contributed by atoms with Crippen molar-refractivity contribution < 1.29 is 9.18 Å². The van der Waals surface area contributed by atoms with Gasteiger partial charge >= 0.3 is 0 Å². The number of rotatable bonds is 5. The van der Waals surface area contributed by atoms with E-state index in [1.54, 1.807) is 12.1 Å². The van der Waals surface area contributed by atoms with Crippen molar-refractivity contribution in [2.75, 3.05) is 37.6 Å². The summed E-state index contributed by atoms with van der Waals surface area (Å²) in [6.45, 7) is 7.97. The maximum absolute atomic E-state index is 12.9. The zero-order valence-corrected chi connectivity index (χ0v) is 12.8. The van der Waals surface area contributed by atoms with E-state index in [2.05, 4.69) is 22.0 Å². The van der Waals surface area contributed by atoms with Crippen molar-refractivity contribution >= 4 is 11.6 Å². The number of hydrogen-bond acceptors (Lipinski definition) is 3. The topological polar surface area (TPSA) is 35.6 Å². The van der Waals surface area contributed by atoms with E-state index in [-0.39, 0.29) is 17.8 Å². The smallest absolute Gasteiger partial charge is 0.234 e. The lowest BCUT2D eigenvalue weighted by Gasteiger charge is -2.35. The van der Waals surface area contributed by atoms with Crippen LogP contribution >= 0.6 is 0 Å². The van der Waals surface area contributed by atoms with Crippen molar-refractivity contribution in [2.24, 2.45) is 0 Å². The minimum Gasteiger partial charge on any atom is -0.369 e. The summed E-state index contributed by atoms with van der Waals surface area (Å²) in [5.41, 5.74) is 1.04. The van der Waals surface area contributed by atoms with Gasteiger partial charge in [0.2, 0.25) is 5.91 Å². The summed E-state index contributed by atoms with van der Waals surface area (Å²) in [4.78, 5) is 16.3. The Morgan fingerprint density at radius 1 is 1.24 bits per heavy atom. The van der Waals surface area contributed by atoms with Gasteiger partial charge in [-0.1, -0.05) is 6.92 Å². The van der Waals surface area contributed by atoms with Gasteiger partial charge in [0.1, 0.15) is 5.82 Å². The maximum Gasteiger partial charge on any atom is 0.234 e. The molecule has 116 valence electrons. The molecule has 1 atom stereocenters. The summed E-state index contributed by atoms with van der Waals surface area (Å²) < 4.78 is 12.9. The van der Waals surface area contributed by atoms with E-state index in [9.17, 15) is 9.18 Å². The number of nitrogens with zero attached hydrogens (tertiary/aromatic N) is 2. The van der Waals surface area contributed by atoms with Crippen molar-refractivity contribution in [3.63, 3.8) is 0 Å². The van der Waals surface area contributed by atoms with Crippen LogP contribution in [0.5, 0.6) is 0 Å². The van der Waals surface area contributed by atoms with Gasteiger partial charge in [-0.15, -0.1) is 0 Å². The number of carbonyl (C=O) groups excluding carboxylic acids is 1. The zero-order valence-electron chi connectivity index (χ0n) is 12.8. The first kappa shape index (κ1) is 15.8. The van der Waals surface area contributed by atoms with Crippen molar-refractivity contribution in [1.29, 1.82) is 0 Å². The van der Waals surface area contributed by atoms with Crippen molar-refractivity contribution in [2.45, 2.75) is 26.3 Å². The first-order valence-electron chi connectivity index (χ1n) is 7.60. The Morgan fingerprint density at radius 2 is 1.86 bits per heavy atom. The molecule has 21 heavy (non-hydrogen) atoms. The third-order valence-corrected chi connectivity index (χ3v) is 3.95. The first-order chi connectivity index (χ1) is 10.1. The third kappa shape index (κ3) is 4.70. The lowest BCUT2D eigenvalue weighted by molar-refractivity contribution is -0.122. The molecule has 1 saturated heterocycles. The molecule has 2 rings (SSSR count). The molecule has 1 amide bonds. The lowest BCUT2D eigenvalue weighted by atomic mass is 10.2. The molecule has 0 spiro atoms. The van der Waals surface area contributed by atoms with Crippen LogP contribution in [0.2, 0.25) is 0 Å². The fourth-order valence-electron chi connectivity index (χ4n) is 2.44. The number of halogens is 1. The van der Waals surface area contributed by atoms with Crippen LogP contribution in [0.1, 0.15) is 20.3 Å². The standard InChI is InChI=1S/C16H24FN3O/c1-3-13(2)18-16(21)12-19-8-10-20(11-9-19)15-6-4-14(17)5-7-15/h4-7,13H,3,8-12H2,1-2H3,(H,18,21)/t13-/m0/s1. The normalized spacial score (nSPS) is 17.6. The molecule has 1 aliphatic rings. The van der Waals surface area contributed by atoms with E-state index in [4.69, 9.17) is 0 Å². The third-order valence-electron chi connectivity index (χ3n) is 3.95. The Labute approximate surface area is 125 Å². The highest BCUT2D eigenvalue weighted by molar-refractivity contribution is 5.78. The predicted molar refractivity (Wildman–Crippen MR) is 82.9 cm³/mol. The summed E-state index contributed by atoms with van der Waals surface area (Å²) in [5, 5.41) is 2.99. The molecule has 0 saturated carbocycles. The van der Waals surface area contributed by atoms with Crippen molar-refractivity contribution in [3.8, 4) is 0 Å². The Hall–Kier alpha value is -1.62. The summed E-state index contributed by atoms with van der Waals surface area (Å²) in [6.07, 6.45) is 0.948. The molecule has 1 N–H and O–H groups in total. The van der Waals surface area contributed by atoms with E-state index in [1.165, 1.54) is 12.1 Å². The second-order valence-electron chi connectivity index (χ2n) is 5.62. The molecule has 1 heterocycles. The Balaban J connectivity index is 1.78. The van der Waals surface area contributed by atoms with Crippen LogP contribution in [0.4, 0.5) is 10.1 Å². The fourth-order valence-corrected chi connectivity index (χ4v) is 2.44. The highest BCUT2D eigenvalue weighted by atomic mass is 19.1. The molecule has 1 aromatic rings. The minimum atomic E-state index is -0.209. The number of nitrogens with one attached hydrogen (secondary N) is 1. The fraction of sp³-hybridized carbons (Fsp3) is 0.562. The molecule has 0 unspecified atom stereocenters. The Kier molecular flexibility index (Phi) is 5.56. The van der Waals surface area contributed by atoms with Crippen LogP contribution in [-0.4, -0.2) is 49.6 Å². The highest BCUT2D eigenvalue weighted by Crippen LogP contribution is 2.16. The van der Waals surface area contributed by atoms with Crippen molar-refractivity contribution in [3.05, 3.63) is 30.1 Å². The first-order valence-corrected chi connectivity index (χ1v) is 7.60. The highest BCUT2D eigenvalue weighted by Gasteiger charge is 2.19. The summed E-state index contributed by atoms with van der Waals surface area (Å²) in [5.74, 6) is -0.112. The van der Waals surface area contributed by atoms with E-state index >= 15 is 0 Å². The summed E-state index contributed by atoms with van der Waals surface area (Å²) >= 11 is 0. The molecule has 4 nitrogen and oxygen atoms in total. The Morgan fingerprint density at radius 3 is 2.43 bits per heavy atom. The van der Waals surface area contributed by atoms with Crippen LogP contribution in [0, 0.1) is 5.82 Å². The van der Waals surface area contributed by atoms with Gasteiger partial charge in [-0.25, -0.2) is 4.39 Å². The quantitative estimate of drug-likeness (QED) is 0.900. The molecule has 5 heteroatoms. The molecule has 1 aromatic carbocycles. The molecular weight excluding hydrogens is 269 g/mol. The van der Waals surface area contributed by atoms with Crippen LogP contribution in [-0.2, 0) is 4.79 Å². The molecule has 0 aromatic heterocycles. The predicted octanol–water partition coefficient (Wildman–Crippen LogP) is 1.86. The van der Waals surface area contributed by atoms with Crippen LogP contribution < -0.4 is 10.2 Å². The zero-order chi connectivity index (χ0) is 15.2. The largest absolute Gasteiger partial charge is 0.369 e. The van der Waals surface area contributed by atoms with Gasteiger partial charge < -0.3 is 10.2 Å². The molecule has 0 bridgehead atoms. The van der Waals surface area contributed by atoms with Gasteiger partial charge in [-0.3, -0.25) is 9.69 Å². The van der Waals surface area contributed by atoms with E-state index < -0.39 is 0 Å². The van der Waals surface area contributed by atoms with Crippen LogP contribution in [0.3, 0.4) is 0 Å². The average Bonchev–Trinajstić information content (AvgIpc) is 2.48. The number of piperazine rings is 1. The van der Waals surface area contributed by atoms with Gasteiger partial charge in [0.15, 0.2) is 0 Å². The van der Waals surface area contributed by atoms with Crippen molar-refractivity contribution in [1.82, 2.24) is 10.2 Å². The number of amides is 1. The number of benzene rings is 1. The summed E-state index contributed by atoms with van der Waals surface area (Å²) in [7, 11) is 0. The number of anilines is 1. The molecule has 1 fully saturated rings. The molecule has 0 radical (unpaired) electrons. The molecular formula is C16H24FN3O. The van der Waals surface area contributed by atoms with Gasteiger partial charge in [-0.2, -0.15) is 0 Å². The number of carbonyl (C=O) groups is 1. The van der Waals surface area contributed by atoms with E-state index in [0.717, 1.165) is 38.3 Å². The second kappa shape index (κ2) is 7.41. The second-order valence-corrected chi connectivity index (χ2v) is 5.62. The van der Waals surface area contributed by atoms with Gasteiger partial charge in [0, 0.05) is 37.9 Å². The van der Waals surface area contributed by atoms with Gasteiger partial charge in [0.25, 0.3) is 0 Å². The van der Waals surface area contributed by atoms with E-state index in [1.807, 2.05) is 6.92 Å². The average molecular weight is 293 g/mol. The lowest BCUT2D eigenvalue weighted by Crippen LogP contribution is -2.50. The minimum absolute atomic E-state index is 0.0968. The van der Waals surface area contributed by atoms with Gasteiger partial charge in [0.05, 0.1) is 6.54 Å². The SMILES string of the molecule is CC[C@H](C)NC(=O)CN1CCN(c2ccc(F)cc2)CC1. The van der Waals surface area contributed by atoms with Crippen LogP contribution in [0.15, 0.2) is 24.3 Å². The van der Waals surface area contributed by atoms with Crippen LogP contribution in [0.25, 0.3) is 0 Å². The monoisotopic (exact) mass is 293 g/mol. The maximum atomic E-state index is 12.9. The molecule has 1 aliphatic heterocycles. The molecule has 0 aliphatic carbocycles.